The van der Waals surface area contributed by atoms with Crippen molar-refractivity contribution in [2.75, 3.05) is 11.1 Å². The maximum absolute atomic E-state index is 12.4. The van der Waals surface area contributed by atoms with Crippen molar-refractivity contribution in [3.8, 4) is 0 Å². The standard InChI is InChI=1S/C16H16BrClO2S/c17-10-15(14-4-2-1-3-5-14)12-21(19,20)11-13-6-8-16(18)9-7-13/h1-9,15H,10-12H2. The van der Waals surface area contributed by atoms with Crippen molar-refractivity contribution < 1.29 is 8.42 Å². The molecule has 0 fully saturated rings. The molecule has 0 aliphatic rings. The van der Waals surface area contributed by atoms with E-state index < -0.39 is 9.84 Å². The first-order valence-electron chi connectivity index (χ1n) is 6.56. The lowest BCUT2D eigenvalue weighted by Gasteiger charge is -2.15. The van der Waals surface area contributed by atoms with Crippen LogP contribution in [0.15, 0.2) is 54.6 Å². The molecule has 2 aromatic rings. The van der Waals surface area contributed by atoms with Gasteiger partial charge in [0, 0.05) is 16.3 Å². The molecular weight excluding hydrogens is 372 g/mol. The maximum atomic E-state index is 12.4. The third-order valence-electron chi connectivity index (χ3n) is 3.21. The van der Waals surface area contributed by atoms with Crippen LogP contribution in [0.2, 0.25) is 5.02 Å². The van der Waals surface area contributed by atoms with Gasteiger partial charge in [0.1, 0.15) is 0 Å². The normalized spacial score (nSPS) is 13.0. The minimum Gasteiger partial charge on any atom is -0.228 e. The van der Waals surface area contributed by atoms with E-state index in [9.17, 15) is 8.42 Å². The van der Waals surface area contributed by atoms with Crippen LogP contribution < -0.4 is 0 Å². The first-order chi connectivity index (χ1) is 10.00. The molecule has 112 valence electrons. The van der Waals surface area contributed by atoms with Crippen LogP contribution in [0.4, 0.5) is 0 Å². The van der Waals surface area contributed by atoms with Gasteiger partial charge in [0.2, 0.25) is 0 Å². The van der Waals surface area contributed by atoms with E-state index in [-0.39, 0.29) is 17.4 Å². The monoisotopic (exact) mass is 386 g/mol. The van der Waals surface area contributed by atoms with Crippen molar-refractivity contribution in [1.29, 1.82) is 0 Å². The first kappa shape index (κ1) is 16.5. The Labute approximate surface area is 139 Å². The van der Waals surface area contributed by atoms with Gasteiger partial charge in [0.05, 0.1) is 11.5 Å². The molecule has 21 heavy (non-hydrogen) atoms. The smallest absolute Gasteiger partial charge is 0.155 e. The second-order valence-corrected chi connectivity index (χ2v) is 8.14. The van der Waals surface area contributed by atoms with Crippen molar-refractivity contribution in [2.45, 2.75) is 11.7 Å². The number of halogens is 2. The fourth-order valence-corrected chi connectivity index (χ4v) is 4.93. The van der Waals surface area contributed by atoms with E-state index in [4.69, 9.17) is 11.6 Å². The summed E-state index contributed by atoms with van der Waals surface area (Å²) in [5.41, 5.74) is 1.80. The van der Waals surface area contributed by atoms with E-state index in [0.717, 1.165) is 11.1 Å². The van der Waals surface area contributed by atoms with Crippen molar-refractivity contribution in [3.05, 3.63) is 70.7 Å². The Balaban J connectivity index is 2.10. The van der Waals surface area contributed by atoms with Gasteiger partial charge in [-0.3, -0.25) is 0 Å². The molecular formula is C16H16BrClO2S. The molecule has 0 amide bonds. The van der Waals surface area contributed by atoms with E-state index >= 15 is 0 Å². The van der Waals surface area contributed by atoms with E-state index in [1.54, 1.807) is 24.3 Å². The van der Waals surface area contributed by atoms with E-state index in [2.05, 4.69) is 15.9 Å². The van der Waals surface area contributed by atoms with Crippen LogP contribution in [0.5, 0.6) is 0 Å². The Hall–Kier alpha value is -0.840. The Morgan fingerprint density at radius 2 is 1.62 bits per heavy atom. The minimum atomic E-state index is -3.18. The summed E-state index contributed by atoms with van der Waals surface area (Å²) in [6.45, 7) is 0. The molecule has 0 radical (unpaired) electrons. The molecule has 5 heteroatoms. The zero-order valence-electron chi connectivity index (χ0n) is 11.4. The molecule has 1 atom stereocenters. The third-order valence-corrected chi connectivity index (χ3v) is 5.93. The van der Waals surface area contributed by atoms with Gasteiger partial charge < -0.3 is 0 Å². The average Bonchev–Trinajstić information content (AvgIpc) is 2.48. The number of hydrogen-bond donors (Lipinski definition) is 0. The van der Waals surface area contributed by atoms with Crippen LogP contribution in [0.3, 0.4) is 0 Å². The highest BCUT2D eigenvalue weighted by molar-refractivity contribution is 9.09. The molecule has 0 N–H and O–H groups in total. The zero-order chi connectivity index (χ0) is 15.3. The highest BCUT2D eigenvalue weighted by atomic mass is 79.9. The highest BCUT2D eigenvalue weighted by Crippen LogP contribution is 2.22. The fraction of sp³-hybridized carbons (Fsp3) is 0.250. The zero-order valence-corrected chi connectivity index (χ0v) is 14.5. The molecule has 0 bridgehead atoms. The minimum absolute atomic E-state index is 0.0384. The summed E-state index contributed by atoms with van der Waals surface area (Å²) in [5, 5.41) is 1.23. The number of alkyl halides is 1. The average molecular weight is 388 g/mol. The Kier molecular flexibility index (Phi) is 5.85. The largest absolute Gasteiger partial charge is 0.228 e. The van der Waals surface area contributed by atoms with E-state index in [1.807, 2.05) is 30.3 Å². The summed E-state index contributed by atoms with van der Waals surface area (Å²) in [5.74, 6) is 0.134. The second-order valence-electron chi connectivity index (χ2n) is 4.94. The van der Waals surface area contributed by atoms with Gasteiger partial charge in [-0.25, -0.2) is 8.42 Å². The van der Waals surface area contributed by atoms with Gasteiger partial charge >= 0.3 is 0 Å². The number of rotatable bonds is 6. The molecule has 2 rings (SSSR count). The SMILES string of the molecule is O=S(=O)(Cc1ccc(Cl)cc1)CC(CBr)c1ccccc1. The summed E-state index contributed by atoms with van der Waals surface area (Å²) in [6, 6.07) is 16.6. The summed E-state index contributed by atoms with van der Waals surface area (Å²) in [7, 11) is -3.18. The number of sulfone groups is 1. The van der Waals surface area contributed by atoms with Crippen molar-refractivity contribution in [2.24, 2.45) is 0 Å². The first-order valence-corrected chi connectivity index (χ1v) is 9.88. The topological polar surface area (TPSA) is 34.1 Å². The molecule has 0 saturated heterocycles. The van der Waals surface area contributed by atoms with Crippen molar-refractivity contribution in [1.82, 2.24) is 0 Å². The molecule has 0 aromatic heterocycles. The van der Waals surface area contributed by atoms with Crippen molar-refractivity contribution in [3.63, 3.8) is 0 Å². The van der Waals surface area contributed by atoms with Crippen LogP contribution in [0, 0.1) is 0 Å². The third kappa shape index (κ3) is 5.13. The molecule has 1 unspecified atom stereocenters. The van der Waals surface area contributed by atoms with E-state index in [1.165, 1.54) is 0 Å². The predicted octanol–water partition coefficient (Wildman–Crippen LogP) is 4.43. The Morgan fingerprint density at radius 1 is 1.00 bits per heavy atom. The van der Waals surface area contributed by atoms with Crippen LogP contribution in [-0.2, 0) is 15.6 Å². The summed E-state index contributed by atoms with van der Waals surface area (Å²) < 4.78 is 24.7. The molecule has 0 aliphatic carbocycles. The van der Waals surface area contributed by atoms with Crippen molar-refractivity contribution >= 4 is 37.4 Å². The molecule has 2 aromatic carbocycles. The van der Waals surface area contributed by atoms with E-state index in [0.29, 0.717) is 10.4 Å². The van der Waals surface area contributed by atoms with Crippen LogP contribution in [0.25, 0.3) is 0 Å². The fourth-order valence-electron chi connectivity index (χ4n) is 2.16. The summed E-state index contributed by atoms with van der Waals surface area (Å²) >= 11 is 9.23. The number of benzene rings is 2. The van der Waals surface area contributed by atoms with Gasteiger partial charge in [-0.1, -0.05) is 70.0 Å². The summed E-state index contributed by atoms with van der Waals surface area (Å²) in [6.07, 6.45) is 0. The molecule has 0 heterocycles. The molecule has 0 saturated carbocycles. The molecule has 0 spiro atoms. The quantitative estimate of drug-likeness (QED) is 0.687. The van der Waals surface area contributed by atoms with Crippen LogP contribution >= 0.6 is 27.5 Å². The van der Waals surface area contributed by atoms with Gasteiger partial charge in [-0.2, -0.15) is 0 Å². The highest BCUT2D eigenvalue weighted by Gasteiger charge is 2.20. The van der Waals surface area contributed by atoms with Gasteiger partial charge in [-0.15, -0.1) is 0 Å². The predicted molar refractivity (Wildman–Crippen MR) is 91.9 cm³/mol. The Morgan fingerprint density at radius 3 is 2.19 bits per heavy atom. The van der Waals surface area contributed by atoms with Crippen LogP contribution in [-0.4, -0.2) is 19.5 Å². The lowest BCUT2D eigenvalue weighted by atomic mass is 10.0. The molecule has 2 nitrogen and oxygen atoms in total. The molecule has 0 aliphatic heterocycles. The van der Waals surface area contributed by atoms with Crippen LogP contribution in [0.1, 0.15) is 17.0 Å². The van der Waals surface area contributed by atoms with Gasteiger partial charge in [-0.05, 0) is 23.3 Å². The van der Waals surface area contributed by atoms with Gasteiger partial charge in [0.15, 0.2) is 9.84 Å². The lowest BCUT2D eigenvalue weighted by Crippen LogP contribution is -2.17. The maximum Gasteiger partial charge on any atom is 0.155 e. The number of hydrogen-bond acceptors (Lipinski definition) is 2. The summed E-state index contributed by atoms with van der Waals surface area (Å²) in [4.78, 5) is 0. The second kappa shape index (κ2) is 7.43. The van der Waals surface area contributed by atoms with Gasteiger partial charge in [0.25, 0.3) is 0 Å². The lowest BCUT2D eigenvalue weighted by molar-refractivity contribution is 0.590. The Bertz CT molecular complexity index is 669.